The lowest BCUT2D eigenvalue weighted by Crippen LogP contribution is -2.28. The summed E-state index contributed by atoms with van der Waals surface area (Å²) in [6.07, 6.45) is 0.190. The fraction of sp³-hybridized carbons (Fsp3) is 0.600. The van der Waals surface area contributed by atoms with Gasteiger partial charge in [-0.05, 0) is 6.54 Å². The Morgan fingerprint density at radius 1 is 1.41 bits per heavy atom. The van der Waals surface area contributed by atoms with Crippen molar-refractivity contribution in [1.82, 2.24) is 15.3 Å². The lowest BCUT2D eigenvalue weighted by atomic mass is 10.2. The van der Waals surface area contributed by atoms with Gasteiger partial charge in [0.1, 0.15) is 6.61 Å². The maximum absolute atomic E-state index is 11.9. The second kappa shape index (κ2) is 6.51. The van der Waals surface area contributed by atoms with Gasteiger partial charge in [-0.15, -0.1) is 0 Å². The van der Waals surface area contributed by atoms with Crippen LogP contribution >= 0.6 is 0 Å². The van der Waals surface area contributed by atoms with Gasteiger partial charge in [0.25, 0.3) is 0 Å². The van der Waals surface area contributed by atoms with E-state index in [0.29, 0.717) is 12.2 Å². The van der Waals surface area contributed by atoms with Gasteiger partial charge in [-0.25, -0.2) is 0 Å². The molecule has 1 heterocycles. The molecule has 0 saturated carbocycles. The first-order valence-corrected chi connectivity index (χ1v) is 5.16. The molecule has 1 atom stereocenters. The first-order valence-electron chi connectivity index (χ1n) is 5.16. The van der Waals surface area contributed by atoms with Gasteiger partial charge in [0.05, 0.1) is 24.5 Å². The van der Waals surface area contributed by atoms with E-state index in [2.05, 4.69) is 20.0 Å². The number of nitrogens with zero attached hydrogens (tertiary/aromatic N) is 2. The molecule has 1 aromatic heterocycles. The lowest BCUT2D eigenvalue weighted by molar-refractivity contribution is -0.175. The Bertz CT molecular complexity index is 318. The largest absolute Gasteiger partial charge is 0.411 e. The highest BCUT2D eigenvalue weighted by molar-refractivity contribution is 5.02. The predicted octanol–water partition coefficient (Wildman–Crippen LogP) is 1.71. The smallest absolute Gasteiger partial charge is 0.370 e. The van der Waals surface area contributed by atoms with Gasteiger partial charge < -0.3 is 10.1 Å². The average molecular weight is 249 g/mol. The molecule has 0 bridgehead atoms. The molecule has 17 heavy (non-hydrogen) atoms. The first kappa shape index (κ1) is 13.9. The van der Waals surface area contributed by atoms with Gasteiger partial charge in [0.15, 0.2) is 0 Å². The standard InChI is InChI=1S/C10H14F3N3O/c1-2-15-9(6-17-7-10(11,12)13)8-5-14-3-4-16-8/h3-5,9,15H,2,6-7H2,1H3. The van der Waals surface area contributed by atoms with Crippen LogP contribution in [0.15, 0.2) is 18.6 Å². The van der Waals surface area contributed by atoms with Crippen molar-refractivity contribution in [3.8, 4) is 0 Å². The Hall–Kier alpha value is -1.21. The topological polar surface area (TPSA) is 47.0 Å². The molecule has 0 aliphatic heterocycles. The minimum atomic E-state index is -4.31. The monoisotopic (exact) mass is 249 g/mol. The molecule has 0 aliphatic carbocycles. The highest BCUT2D eigenvalue weighted by Gasteiger charge is 2.28. The molecule has 0 fully saturated rings. The summed E-state index contributed by atoms with van der Waals surface area (Å²) in [5, 5.41) is 2.99. The molecule has 0 aromatic carbocycles. The summed E-state index contributed by atoms with van der Waals surface area (Å²) in [5.74, 6) is 0. The SMILES string of the molecule is CCNC(COCC(F)(F)F)c1cnccn1. The van der Waals surface area contributed by atoms with E-state index in [0.717, 1.165) is 0 Å². The van der Waals surface area contributed by atoms with Crippen LogP contribution in [0, 0.1) is 0 Å². The van der Waals surface area contributed by atoms with Gasteiger partial charge >= 0.3 is 6.18 Å². The van der Waals surface area contributed by atoms with Crippen LogP contribution in [0.3, 0.4) is 0 Å². The molecular weight excluding hydrogens is 235 g/mol. The van der Waals surface area contributed by atoms with Gasteiger partial charge in [0, 0.05) is 12.4 Å². The zero-order valence-corrected chi connectivity index (χ0v) is 9.37. The molecule has 1 aromatic rings. The fourth-order valence-corrected chi connectivity index (χ4v) is 1.28. The second-order valence-electron chi connectivity index (χ2n) is 3.37. The number of nitrogens with one attached hydrogen (secondary N) is 1. The molecular formula is C10H14F3N3O. The molecule has 0 aliphatic rings. The number of likely N-dealkylation sites (N-methyl/N-ethyl adjacent to an activating group) is 1. The summed E-state index contributed by atoms with van der Waals surface area (Å²) in [7, 11) is 0. The molecule has 4 nitrogen and oxygen atoms in total. The highest BCUT2D eigenvalue weighted by Crippen LogP contribution is 2.16. The predicted molar refractivity (Wildman–Crippen MR) is 55.3 cm³/mol. The van der Waals surface area contributed by atoms with Gasteiger partial charge in [-0.3, -0.25) is 9.97 Å². The normalized spacial score (nSPS) is 13.6. The molecule has 1 rings (SSSR count). The Morgan fingerprint density at radius 2 is 2.18 bits per heavy atom. The third-order valence-corrected chi connectivity index (χ3v) is 1.94. The fourth-order valence-electron chi connectivity index (χ4n) is 1.28. The summed E-state index contributed by atoms with van der Waals surface area (Å²) in [5.41, 5.74) is 0.566. The highest BCUT2D eigenvalue weighted by atomic mass is 19.4. The third-order valence-electron chi connectivity index (χ3n) is 1.94. The zero-order valence-electron chi connectivity index (χ0n) is 9.37. The molecule has 0 spiro atoms. The minimum Gasteiger partial charge on any atom is -0.370 e. The second-order valence-corrected chi connectivity index (χ2v) is 3.37. The Balaban J connectivity index is 2.50. The average Bonchev–Trinajstić information content (AvgIpc) is 2.27. The Kier molecular flexibility index (Phi) is 5.30. The van der Waals surface area contributed by atoms with Crippen molar-refractivity contribution >= 4 is 0 Å². The van der Waals surface area contributed by atoms with Crippen LogP contribution < -0.4 is 5.32 Å². The molecule has 0 saturated heterocycles. The van der Waals surface area contributed by atoms with E-state index in [4.69, 9.17) is 0 Å². The van der Waals surface area contributed by atoms with Crippen LogP contribution in [0.4, 0.5) is 13.2 Å². The minimum absolute atomic E-state index is 0.0912. The summed E-state index contributed by atoms with van der Waals surface area (Å²) in [4.78, 5) is 7.89. The van der Waals surface area contributed by atoms with Crippen molar-refractivity contribution < 1.29 is 17.9 Å². The van der Waals surface area contributed by atoms with Crippen LogP contribution in [0.1, 0.15) is 18.7 Å². The number of ether oxygens (including phenoxy) is 1. The number of halogens is 3. The van der Waals surface area contributed by atoms with Crippen LogP contribution in [0.5, 0.6) is 0 Å². The summed E-state index contributed by atoms with van der Waals surface area (Å²) < 4.78 is 40.4. The number of aromatic nitrogens is 2. The van der Waals surface area contributed by atoms with Crippen molar-refractivity contribution in [2.45, 2.75) is 19.1 Å². The van der Waals surface area contributed by atoms with E-state index < -0.39 is 12.8 Å². The molecule has 0 radical (unpaired) electrons. The van der Waals surface area contributed by atoms with E-state index in [-0.39, 0.29) is 12.6 Å². The quantitative estimate of drug-likeness (QED) is 0.833. The van der Waals surface area contributed by atoms with E-state index in [1.54, 1.807) is 0 Å². The summed E-state index contributed by atoms with van der Waals surface area (Å²) >= 11 is 0. The first-order chi connectivity index (χ1) is 8.03. The van der Waals surface area contributed by atoms with Gasteiger partial charge in [-0.1, -0.05) is 6.92 Å². The maximum Gasteiger partial charge on any atom is 0.411 e. The molecule has 96 valence electrons. The lowest BCUT2D eigenvalue weighted by Gasteiger charge is -2.17. The molecule has 0 amide bonds. The molecule has 7 heteroatoms. The number of hydrogen-bond acceptors (Lipinski definition) is 4. The number of rotatable bonds is 6. The van der Waals surface area contributed by atoms with Crippen molar-refractivity contribution in [2.75, 3.05) is 19.8 Å². The third kappa shape index (κ3) is 5.60. The van der Waals surface area contributed by atoms with Crippen molar-refractivity contribution in [1.29, 1.82) is 0 Å². The van der Waals surface area contributed by atoms with E-state index in [9.17, 15) is 13.2 Å². The van der Waals surface area contributed by atoms with Crippen LogP contribution in [0.2, 0.25) is 0 Å². The summed E-state index contributed by atoms with van der Waals surface area (Å²) in [6.45, 7) is 1.12. The van der Waals surface area contributed by atoms with Gasteiger partial charge in [0.2, 0.25) is 0 Å². The molecule has 1 unspecified atom stereocenters. The number of hydrogen-bond donors (Lipinski definition) is 1. The van der Waals surface area contributed by atoms with Crippen LogP contribution in [-0.4, -0.2) is 35.9 Å². The maximum atomic E-state index is 11.9. The van der Waals surface area contributed by atoms with E-state index in [1.807, 2.05) is 6.92 Å². The van der Waals surface area contributed by atoms with Gasteiger partial charge in [-0.2, -0.15) is 13.2 Å². The summed E-state index contributed by atoms with van der Waals surface area (Å²) in [6, 6.07) is -0.379. The van der Waals surface area contributed by atoms with E-state index in [1.165, 1.54) is 18.6 Å². The Morgan fingerprint density at radius 3 is 2.71 bits per heavy atom. The number of alkyl halides is 3. The zero-order chi connectivity index (χ0) is 12.7. The van der Waals surface area contributed by atoms with Crippen molar-refractivity contribution in [3.05, 3.63) is 24.3 Å². The van der Waals surface area contributed by atoms with Crippen LogP contribution in [-0.2, 0) is 4.74 Å². The van der Waals surface area contributed by atoms with Crippen LogP contribution in [0.25, 0.3) is 0 Å². The van der Waals surface area contributed by atoms with Crippen molar-refractivity contribution in [2.24, 2.45) is 0 Å². The molecule has 1 N–H and O–H groups in total. The Labute approximate surface area is 97.2 Å². The van der Waals surface area contributed by atoms with Crippen molar-refractivity contribution in [3.63, 3.8) is 0 Å². The van der Waals surface area contributed by atoms with E-state index >= 15 is 0 Å².